The van der Waals surface area contributed by atoms with Gasteiger partial charge in [0.1, 0.15) is 17.1 Å². The van der Waals surface area contributed by atoms with Crippen LogP contribution in [0.15, 0.2) is 45.8 Å². The average Bonchev–Trinajstić information content (AvgIpc) is 3.16. The Hall–Kier alpha value is -3.09. The Balaban J connectivity index is 1.56. The molecule has 2 amide bonds. The van der Waals surface area contributed by atoms with Gasteiger partial charge in [0.15, 0.2) is 5.96 Å². The second-order valence-electron chi connectivity index (χ2n) is 6.74. The molecule has 1 aromatic carbocycles. The maximum atomic E-state index is 13.1. The fraction of sp³-hybridized carbons (Fsp3) is 0.316. The van der Waals surface area contributed by atoms with Gasteiger partial charge in [-0.2, -0.15) is 0 Å². The van der Waals surface area contributed by atoms with E-state index in [0.29, 0.717) is 43.0 Å². The lowest BCUT2D eigenvalue weighted by Gasteiger charge is -2.35. The third-order valence-corrected chi connectivity index (χ3v) is 5.00. The van der Waals surface area contributed by atoms with Gasteiger partial charge in [0.2, 0.25) is 0 Å². The summed E-state index contributed by atoms with van der Waals surface area (Å²) in [5.41, 5.74) is 6.22. The predicted molar refractivity (Wildman–Crippen MR) is 96.5 cm³/mol. The SMILES string of the molecule is Cc1cc(C(=O)N2CCC3(CC2)N=C(N)NC3=O)c(-c2ccccc2)o1. The third kappa shape index (κ3) is 2.65. The largest absolute Gasteiger partial charge is 0.461 e. The van der Waals surface area contributed by atoms with Gasteiger partial charge in [-0.25, -0.2) is 4.99 Å². The molecule has 1 aromatic heterocycles. The molecule has 1 fully saturated rings. The zero-order chi connectivity index (χ0) is 18.3. The Morgan fingerprint density at radius 1 is 1.27 bits per heavy atom. The molecule has 26 heavy (non-hydrogen) atoms. The lowest BCUT2D eigenvalue weighted by Crippen LogP contribution is -2.50. The minimum atomic E-state index is -0.824. The van der Waals surface area contributed by atoms with Crippen LogP contribution in [0.1, 0.15) is 29.0 Å². The van der Waals surface area contributed by atoms with Crippen molar-refractivity contribution in [3.8, 4) is 11.3 Å². The molecule has 2 aliphatic rings. The number of hydrogen-bond donors (Lipinski definition) is 2. The molecule has 0 bridgehead atoms. The van der Waals surface area contributed by atoms with Crippen LogP contribution < -0.4 is 11.1 Å². The molecule has 0 saturated carbocycles. The lowest BCUT2D eigenvalue weighted by atomic mass is 9.87. The Kier molecular flexibility index (Phi) is 3.79. The zero-order valence-corrected chi connectivity index (χ0v) is 14.5. The highest BCUT2D eigenvalue weighted by atomic mass is 16.3. The second-order valence-corrected chi connectivity index (χ2v) is 6.74. The number of furan rings is 1. The van der Waals surface area contributed by atoms with Crippen LogP contribution in [0.25, 0.3) is 11.3 Å². The number of carbonyl (C=O) groups excluding carboxylic acids is 2. The van der Waals surface area contributed by atoms with Crippen LogP contribution in [0, 0.1) is 6.92 Å². The summed E-state index contributed by atoms with van der Waals surface area (Å²) in [5, 5.41) is 2.56. The molecular formula is C19H20N4O3. The van der Waals surface area contributed by atoms with E-state index >= 15 is 0 Å². The minimum Gasteiger partial charge on any atom is -0.461 e. The number of amides is 2. The molecule has 0 radical (unpaired) electrons. The first-order chi connectivity index (χ1) is 12.5. The Labute approximate surface area is 150 Å². The average molecular weight is 352 g/mol. The van der Waals surface area contributed by atoms with Gasteiger partial charge in [-0.15, -0.1) is 0 Å². The summed E-state index contributed by atoms with van der Waals surface area (Å²) in [6.45, 7) is 2.72. The van der Waals surface area contributed by atoms with E-state index in [2.05, 4.69) is 10.3 Å². The number of nitrogens with one attached hydrogen (secondary N) is 1. The monoisotopic (exact) mass is 352 g/mol. The summed E-state index contributed by atoms with van der Waals surface area (Å²) in [6, 6.07) is 11.3. The van der Waals surface area contributed by atoms with Gasteiger partial charge < -0.3 is 15.1 Å². The van der Waals surface area contributed by atoms with Crippen molar-refractivity contribution < 1.29 is 14.0 Å². The van der Waals surface area contributed by atoms with Gasteiger partial charge >= 0.3 is 0 Å². The minimum absolute atomic E-state index is 0.0918. The van der Waals surface area contributed by atoms with E-state index < -0.39 is 5.54 Å². The fourth-order valence-corrected chi connectivity index (χ4v) is 3.61. The molecule has 0 unspecified atom stereocenters. The molecule has 3 heterocycles. The van der Waals surface area contributed by atoms with Crippen LogP contribution in [0.4, 0.5) is 0 Å². The standard InChI is InChI=1S/C19H20N4O3/c1-12-11-14(15(26-12)13-5-3-2-4-6-13)16(24)23-9-7-19(8-10-23)17(25)21-18(20)22-19/h2-6,11H,7-10H2,1H3,(H3,20,21,22,25). The molecule has 1 saturated heterocycles. The van der Waals surface area contributed by atoms with Crippen molar-refractivity contribution in [2.24, 2.45) is 10.7 Å². The van der Waals surface area contributed by atoms with Gasteiger partial charge in [-0.3, -0.25) is 14.9 Å². The highest BCUT2D eigenvalue weighted by Gasteiger charge is 2.46. The number of nitrogens with zero attached hydrogens (tertiary/aromatic N) is 2. The first kappa shape index (κ1) is 16.4. The summed E-state index contributed by atoms with van der Waals surface area (Å²) < 4.78 is 5.79. The van der Waals surface area contributed by atoms with Crippen molar-refractivity contribution in [3.05, 3.63) is 47.7 Å². The number of rotatable bonds is 2. The van der Waals surface area contributed by atoms with Crippen molar-refractivity contribution in [2.75, 3.05) is 13.1 Å². The summed E-state index contributed by atoms with van der Waals surface area (Å²) >= 11 is 0. The Morgan fingerprint density at radius 2 is 1.96 bits per heavy atom. The summed E-state index contributed by atoms with van der Waals surface area (Å²) in [4.78, 5) is 31.2. The topological polar surface area (TPSA) is 101 Å². The van der Waals surface area contributed by atoms with E-state index in [0.717, 1.165) is 5.56 Å². The summed E-state index contributed by atoms with van der Waals surface area (Å²) in [5.74, 6) is 1.16. The van der Waals surface area contributed by atoms with Crippen LogP contribution in [0.3, 0.4) is 0 Å². The zero-order valence-electron chi connectivity index (χ0n) is 14.5. The number of carbonyl (C=O) groups is 2. The maximum Gasteiger partial charge on any atom is 0.257 e. The first-order valence-corrected chi connectivity index (χ1v) is 8.60. The highest BCUT2D eigenvalue weighted by Crippen LogP contribution is 2.32. The van der Waals surface area contributed by atoms with Crippen molar-refractivity contribution in [3.63, 3.8) is 0 Å². The van der Waals surface area contributed by atoms with Crippen LogP contribution in [-0.2, 0) is 4.79 Å². The molecular weight excluding hydrogens is 332 g/mol. The van der Waals surface area contributed by atoms with E-state index in [9.17, 15) is 9.59 Å². The molecule has 7 heteroatoms. The Bertz CT molecular complexity index is 893. The summed E-state index contributed by atoms with van der Waals surface area (Å²) in [6.07, 6.45) is 0.922. The van der Waals surface area contributed by atoms with E-state index in [1.54, 1.807) is 11.0 Å². The Morgan fingerprint density at radius 3 is 2.58 bits per heavy atom. The molecule has 2 aliphatic heterocycles. The molecule has 0 atom stereocenters. The number of piperidine rings is 1. The number of nitrogens with two attached hydrogens (primary N) is 1. The smallest absolute Gasteiger partial charge is 0.257 e. The van der Waals surface area contributed by atoms with Gasteiger partial charge in [-0.05, 0) is 25.8 Å². The normalized spacial score (nSPS) is 18.7. The van der Waals surface area contributed by atoms with E-state index in [-0.39, 0.29) is 17.8 Å². The van der Waals surface area contributed by atoms with Gasteiger partial charge in [-0.1, -0.05) is 30.3 Å². The highest BCUT2D eigenvalue weighted by molar-refractivity contribution is 6.07. The molecule has 1 spiro atoms. The lowest BCUT2D eigenvalue weighted by molar-refractivity contribution is -0.125. The van der Waals surface area contributed by atoms with Crippen molar-refractivity contribution >= 4 is 17.8 Å². The number of likely N-dealkylation sites (tertiary alicyclic amines) is 1. The third-order valence-electron chi connectivity index (χ3n) is 5.00. The molecule has 4 rings (SSSR count). The van der Waals surface area contributed by atoms with Crippen LogP contribution in [-0.4, -0.2) is 41.3 Å². The van der Waals surface area contributed by atoms with Gasteiger partial charge in [0.25, 0.3) is 11.8 Å². The van der Waals surface area contributed by atoms with Crippen LogP contribution in [0.2, 0.25) is 0 Å². The fourth-order valence-electron chi connectivity index (χ4n) is 3.61. The van der Waals surface area contributed by atoms with E-state index in [1.807, 2.05) is 37.3 Å². The molecule has 2 aromatic rings. The van der Waals surface area contributed by atoms with Crippen molar-refractivity contribution in [2.45, 2.75) is 25.3 Å². The molecule has 3 N–H and O–H groups in total. The van der Waals surface area contributed by atoms with E-state index in [1.165, 1.54) is 0 Å². The number of guanidine groups is 1. The van der Waals surface area contributed by atoms with Crippen LogP contribution in [0.5, 0.6) is 0 Å². The number of hydrogen-bond acceptors (Lipinski definition) is 5. The quantitative estimate of drug-likeness (QED) is 0.858. The number of benzene rings is 1. The number of aliphatic imine (C=N–C) groups is 1. The number of aryl methyl sites for hydroxylation is 1. The summed E-state index contributed by atoms with van der Waals surface area (Å²) in [7, 11) is 0. The van der Waals surface area contributed by atoms with Gasteiger partial charge in [0, 0.05) is 18.7 Å². The maximum absolute atomic E-state index is 13.1. The van der Waals surface area contributed by atoms with E-state index in [4.69, 9.17) is 10.2 Å². The van der Waals surface area contributed by atoms with Crippen molar-refractivity contribution in [1.82, 2.24) is 10.2 Å². The van der Waals surface area contributed by atoms with Crippen LogP contribution >= 0.6 is 0 Å². The molecule has 7 nitrogen and oxygen atoms in total. The second kappa shape index (κ2) is 6.01. The predicted octanol–water partition coefficient (Wildman–Crippen LogP) is 1.67. The molecule has 134 valence electrons. The van der Waals surface area contributed by atoms with Gasteiger partial charge in [0.05, 0.1) is 5.56 Å². The molecule has 0 aliphatic carbocycles. The van der Waals surface area contributed by atoms with Crippen molar-refractivity contribution in [1.29, 1.82) is 0 Å². The first-order valence-electron chi connectivity index (χ1n) is 8.60.